The summed E-state index contributed by atoms with van der Waals surface area (Å²) in [6.07, 6.45) is 0.852. The number of carbonyl (C=O) groups is 3. The van der Waals surface area contributed by atoms with Crippen LogP contribution < -0.4 is 10.6 Å². The molecule has 0 aliphatic carbocycles. The molecule has 2 aromatic rings. The van der Waals surface area contributed by atoms with E-state index in [-0.39, 0.29) is 17.9 Å². The average molecular weight is 354 g/mol. The van der Waals surface area contributed by atoms with Crippen LogP contribution in [-0.2, 0) is 4.74 Å². The van der Waals surface area contributed by atoms with Crippen LogP contribution >= 0.6 is 0 Å². The highest BCUT2D eigenvalue weighted by atomic mass is 16.5. The largest absolute Gasteiger partial charge is 0.465 e. The third kappa shape index (κ3) is 4.92. The molecule has 0 bridgehead atoms. The molecule has 0 saturated carbocycles. The molecule has 2 aromatic carbocycles. The molecule has 0 spiro atoms. The number of amides is 2. The lowest BCUT2D eigenvalue weighted by Crippen LogP contribution is -2.31. The monoisotopic (exact) mass is 354 g/mol. The number of ether oxygens (including phenoxy) is 1. The highest BCUT2D eigenvalue weighted by Gasteiger charge is 2.12. The summed E-state index contributed by atoms with van der Waals surface area (Å²) in [4.78, 5) is 35.9. The number of esters is 1. The van der Waals surface area contributed by atoms with Crippen LogP contribution in [0.2, 0.25) is 0 Å². The van der Waals surface area contributed by atoms with Crippen molar-refractivity contribution in [3.05, 3.63) is 65.2 Å². The Morgan fingerprint density at radius 1 is 0.962 bits per heavy atom. The Kier molecular flexibility index (Phi) is 6.49. The van der Waals surface area contributed by atoms with E-state index in [9.17, 15) is 14.4 Å². The van der Waals surface area contributed by atoms with Gasteiger partial charge in [-0.2, -0.15) is 0 Å². The zero-order valence-electron chi connectivity index (χ0n) is 15.0. The maximum absolute atomic E-state index is 12.3. The van der Waals surface area contributed by atoms with Gasteiger partial charge in [-0.25, -0.2) is 4.79 Å². The number of rotatable bonds is 6. The Bertz CT molecular complexity index is 800. The Morgan fingerprint density at radius 2 is 1.62 bits per heavy atom. The maximum atomic E-state index is 12.3. The fraction of sp³-hybridized carbons (Fsp3) is 0.250. The number of hydrogen-bond acceptors (Lipinski definition) is 4. The molecule has 2 N–H and O–H groups in total. The van der Waals surface area contributed by atoms with Crippen molar-refractivity contribution in [2.24, 2.45) is 0 Å². The van der Waals surface area contributed by atoms with Crippen molar-refractivity contribution in [1.29, 1.82) is 0 Å². The molecule has 0 aliphatic heterocycles. The van der Waals surface area contributed by atoms with Crippen molar-refractivity contribution < 1.29 is 19.1 Å². The van der Waals surface area contributed by atoms with Crippen LogP contribution in [-0.4, -0.2) is 30.9 Å². The molecule has 0 aliphatic rings. The van der Waals surface area contributed by atoms with Crippen molar-refractivity contribution in [2.45, 2.75) is 26.3 Å². The van der Waals surface area contributed by atoms with Gasteiger partial charge in [0.2, 0.25) is 0 Å². The van der Waals surface area contributed by atoms with Crippen LogP contribution in [0.25, 0.3) is 0 Å². The van der Waals surface area contributed by atoms with E-state index in [4.69, 9.17) is 0 Å². The minimum Gasteiger partial charge on any atom is -0.465 e. The van der Waals surface area contributed by atoms with E-state index < -0.39 is 5.97 Å². The standard InChI is InChI=1S/C20H22N2O4/c1-4-13(2)21-18(23)14-8-10-17(11-9-14)22-19(24)15-6-5-7-16(12-15)20(25)26-3/h5-13H,4H2,1-3H3,(H,21,23)(H,22,24). The highest BCUT2D eigenvalue weighted by Crippen LogP contribution is 2.13. The van der Waals surface area contributed by atoms with E-state index in [1.807, 2.05) is 13.8 Å². The van der Waals surface area contributed by atoms with Crippen LogP contribution in [0.1, 0.15) is 51.3 Å². The first-order valence-electron chi connectivity index (χ1n) is 8.35. The molecule has 6 heteroatoms. The first-order valence-corrected chi connectivity index (χ1v) is 8.35. The predicted molar refractivity (Wildman–Crippen MR) is 99.4 cm³/mol. The smallest absolute Gasteiger partial charge is 0.337 e. The minimum atomic E-state index is -0.503. The molecule has 2 rings (SSSR count). The van der Waals surface area contributed by atoms with Crippen LogP contribution in [0.4, 0.5) is 5.69 Å². The van der Waals surface area contributed by atoms with E-state index >= 15 is 0 Å². The normalized spacial score (nSPS) is 11.3. The van der Waals surface area contributed by atoms with E-state index in [0.717, 1.165) is 6.42 Å². The van der Waals surface area contributed by atoms with Gasteiger partial charge in [0.15, 0.2) is 0 Å². The van der Waals surface area contributed by atoms with Crippen molar-refractivity contribution in [3.63, 3.8) is 0 Å². The molecule has 26 heavy (non-hydrogen) atoms. The first-order chi connectivity index (χ1) is 12.4. The first kappa shape index (κ1) is 19.2. The predicted octanol–water partition coefficient (Wildman–Crippen LogP) is 3.25. The summed E-state index contributed by atoms with van der Waals surface area (Å²) in [5, 5.41) is 5.62. The van der Waals surface area contributed by atoms with Gasteiger partial charge in [0, 0.05) is 22.9 Å². The lowest BCUT2D eigenvalue weighted by Gasteiger charge is -2.12. The number of nitrogens with one attached hydrogen (secondary N) is 2. The lowest BCUT2D eigenvalue weighted by molar-refractivity contribution is 0.0600. The summed E-state index contributed by atoms with van der Waals surface area (Å²) in [6.45, 7) is 3.94. The van der Waals surface area contributed by atoms with Gasteiger partial charge in [0.05, 0.1) is 12.7 Å². The summed E-state index contributed by atoms with van der Waals surface area (Å²) >= 11 is 0. The average Bonchev–Trinajstić information content (AvgIpc) is 2.67. The van der Waals surface area contributed by atoms with Crippen molar-refractivity contribution in [3.8, 4) is 0 Å². The van der Waals surface area contributed by atoms with Gasteiger partial charge < -0.3 is 15.4 Å². The molecule has 1 unspecified atom stereocenters. The summed E-state index contributed by atoms with van der Waals surface area (Å²) in [6, 6.07) is 13.0. The Labute approximate surface area is 152 Å². The highest BCUT2D eigenvalue weighted by molar-refractivity contribution is 6.06. The van der Waals surface area contributed by atoms with Gasteiger partial charge in [-0.05, 0) is 55.8 Å². The lowest BCUT2D eigenvalue weighted by atomic mass is 10.1. The fourth-order valence-electron chi connectivity index (χ4n) is 2.22. The molecule has 0 fully saturated rings. The Balaban J connectivity index is 2.06. The van der Waals surface area contributed by atoms with Crippen LogP contribution in [0.3, 0.4) is 0 Å². The van der Waals surface area contributed by atoms with E-state index in [1.165, 1.54) is 13.2 Å². The third-order valence-corrected chi connectivity index (χ3v) is 3.94. The fourth-order valence-corrected chi connectivity index (χ4v) is 2.22. The van der Waals surface area contributed by atoms with Crippen molar-refractivity contribution in [1.82, 2.24) is 5.32 Å². The van der Waals surface area contributed by atoms with Crippen LogP contribution in [0.5, 0.6) is 0 Å². The summed E-state index contributed by atoms with van der Waals surface area (Å²) in [5.74, 6) is -1.01. The molecule has 0 radical (unpaired) electrons. The second-order valence-electron chi connectivity index (χ2n) is 5.89. The molecule has 2 amide bonds. The molecule has 0 aromatic heterocycles. The SMILES string of the molecule is CCC(C)NC(=O)c1ccc(NC(=O)c2cccc(C(=O)OC)c2)cc1. The second kappa shape index (κ2) is 8.80. The summed E-state index contributed by atoms with van der Waals surface area (Å²) in [5.41, 5.74) is 1.72. The topological polar surface area (TPSA) is 84.5 Å². The van der Waals surface area contributed by atoms with Crippen molar-refractivity contribution in [2.75, 3.05) is 12.4 Å². The van der Waals surface area contributed by atoms with E-state index in [2.05, 4.69) is 15.4 Å². The van der Waals surface area contributed by atoms with Gasteiger partial charge in [-0.1, -0.05) is 13.0 Å². The zero-order valence-corrected chi connectivity index (χ0v) is 15.0. The Morgan fingerprint density at radius 3 is 2.23 bits per heavy atom. The number of methoxy groups -OCH3 is 1. The van der Waals surface area contributed by atoms with Gasteiger partial charge in [0.1, 0.15) is 0 Å². The summed E-state index contributed by atoms with van der Waals surface area (Å²) in [7, 11) is 1.29. The number of anilines is 1. The van der Waals surface area contributed by atoms with E-state index in [1.54, 1.807) is 42.5 Å². The third-order valence-electron chi connectivity index (χ3n) is 3.94. The van der Waals surface area contributed by atoms with Crippen LogP contribution in [0.15, 0.2) is 48.5 Å². The molecular weight excluding hydrogens is 332 g/mol. The summed E-state index contributed by atoms with van der Waals surface area (Å²) < 4.78 is 4.65. The quantitative estimate of drug-likeness (QED) is 0.780. The molecule has 136 valence electrons. The molecule has 6 nitrogen and oxygen atoms in total. The van der Waals surface area contributed by atoms with E-state index in [0.29, 0.717) is 22.4 Å². The number of carbonyl (C=O) groups excluding carboxylic acids is 3. The van der Waals surface area contributed by atoms with Crippen LogP contribution in [0, 0.1) is 0 Å². The van der Waals surface area contributed by atoms with Gasteiger partial charge in [-0.15, -0.1) is 0 Å². The number of benzene rings is 2. The van der Waals surface area contributed by atoms with Gasteiger partial charge in [0.25, 0.3) is 11.8 Å². The van der Waals surface area contributed by atoms with Crippen molar-refractivity contribution >= 4 is 23.5 Å². The Hall–Kier alpha value is -3.15. The van der Waals surface area contributed by atoms with Gasteiger partial charge >= 0.3 is 5.97 Å². The second-order valence-corrected chi connectivity index (χ2v) is 5.89. The maximum Gasteiger partial charge on any atom is 0.337 e. The van der Waals surface area contributed by atoms with Gasteiger partial charge in [-0.3, -0.25) is 9.59 Å². The molecule has 1 atom stereocenters. The number of hydrogen-bond donors (Lipinski definition) is 2. The molecular formula is C20H22N2O4. The molecule has 0 saturated heterocycles. The molecule has 0 heterocycles. The minimum absolute atomic E-state index is 0.101. The zero-order chi connectivity index (χ0) is 19.1.